The molecular formula is C10H16N2. The third-order valence-corrected chi connectivity index (χ3v) is 2.21. The SMILES string of the molecule is Cc1ccc(C(N)CN)cc1C. The molecule has 1 aromatic carbocycles. The van der Waals surface area contributed by atoms with Crippen LogP contribution in [0.2, 0.25) is 0 Å². The number of hydrogen-bond donors (Lipinski definition) is 2. The maximum absolute atomic E-state index is 5.79. The van der Waals surface area contributed by atoms with Crippen LogP contribution in [-0.4, -0.2) is 6.54 Å². The fourth-order valence-electron chi connectivity index (χ4n) is 1.13. The second kappa shape index (κ2) is 3.70. The van der Waals surface area contributed by atoms with Crippen LogP contribution in [0.5, 0.6) is 0 Å². The van der Waals surface area contributed by atoms with Gasteiger partial charge in [0, 0.05) is 12.6 Å². The zero-order chi connectivity index (χ0) is 9.14. The van der Waals surface area contributed by atoms with Crippen LogP contribution in [0.1, 0.15) is 22.7 Å². The molecule has 0 bridgehead atoms. The molecule has 0 aliphatic carbocycles. The van der Waals surface area contributed by atoms with E-state index in [1.165, 1.54) is 11.1 Å². The monoisotopic (exact) mass is 164 g/mol. The van der Waals surface area contributed by atoms with Gasteiger partial charge in [0.2, 0.25) is 0 Å². The molecule has 0 radical (unpaired) electrons. The van der Waals surface area contributed by atoms with Crippen LogP contribution < -0.4 is 11.5 Å². The van der Waals surface area contributed by atoms with E-state index < -0.39 is 0 Å². The normalized spacial score (nSPS) is 13.0. The van der Waals surface area contributed by atoms with Gasteiger partial charge in [-0.25, -0.2) is 0 Å². The molecule has 66 valence electrons. The number of benzene rings is 1. The van der Waals surface area contributed by atoms with Gasteiger partial charge in [-0.2, -0.15) is 0 Å². The Morgan fingerprint density at radius 3 is 2.42 bits per heavy atom. The number of hydrogen-bond acceptors (Lipinski definition) is 2. The second-order valence-corrected chi connectivity index (χ2v) is 3.19. The summed E-state index contributed by atoms with van der Waals surface area (Å²) >= 11 is 0. The lowest BCUT2D eigenvalue weighted by molar-refractivity contribution is 0.736. The van der Waals surface area contributed by atoms with E-state index in [1.807, 2.05) is 6.07 Å². The maximum atomic E-state index is 5.79. The Balaban J connectivity index is 2.96. The topological polar surface area (TPSA) is 52.0 Å². The van der Waals surface area contributed by atoms with Crippen LogP contribution in [-0.2, 0) is 0 Å². The van der Waals surface area contributed by atoms with Gasteiger partial charge in [0.15, 0.2) is 0 Å². The summed E-state index contributed by atoms with van der Waals surface area (Å²) in [5.41, 5.74) is 14.9. The smallest absolute Gasteiger partial charge is 0.0419 e. The standard InChI is InChI=1S/C10H16N2/c1-7-3-4-9(5-8(7)2)10(12)6-11/h3-5,10H,6,11-12H2,1-2H3. The highest BCUT2D eigenvalue weighted by atomic mass is 14.7. The molecule has 0 aliphatic rings. The minimum Gasteiger partial charge on any atom is -0.329 e. The van der Waals surface area contributed by atoms with Crippen LogP contribution in [0.4, 0.5) is 0 Å². The first kappa shape index (κ1) is 9.23. The van der Waals surface area contributed by atoms with Gasteiger partial charge in [-0.05, 0) is 30.5 Å². The van der Waals surface area contributed by atoms with Crippen molar-refractivity contribution in [2.24, 2.45) is 11.5 Å². The first-order chi connectivity index (χ1) is 5.65. The van der Waals surface area contributed by atoms with E-state index >= 15 is 0 Å². The third kappa shape index (κ3) is 1.84. The van der Waals surface area contributed by atoms with Crippen molar-refractivity contribution in [2.45, 2.75) is 19.9 Å². The van der Waals surface area contributed by atoms with Gasteiger partial charge in [0.25, 0.3) is 0 Å². The van der Waals surface area contributed by atoms with E-state index in [4.69, 9.17) is 11.5 Å². The molecule has 1 unspecified atom stereocenters. The molecule has 0 spiro atoms. The second-order valence-electron chi connectivity index (χ2n) is 3.19. The highest BCUT2D eigenvalue weighted by Crippen LogP contribution is 2.14. The van der Waals surface area contributed by atoms with Crippen molar-refractivity contribution in [1.82, 2.24) is 0 Å². The average Bonchev–Trinajstić information content (AvgIpc) is 2.08. The Morgan fingerprint density at radius 1 is 1.25 bits per heavy atom. The number of aryl methyl sites for hydroxylation is 2. The van der Waals surface area contributed by atoms with Crippen molar-refractivity contribution in [3.05, 3.63) is 34.9 Å². The molecule has 4 N–H and O–H groups in total. The fraction of sp³-hybridized carbons (Fsp3) is 0.400. The van der Waals surface area contributed by atoms with Crippen molar-refractivity contribution in [1.29, 1.82) is 0 Å². The quantitative estimate of drug-likeness (QED) is 0.691. The molecule has 12 heavy (non-hydrogen) atoms. The van der Waals surface area contributed by atoms with Gasteiger partial charge >= 0.3 is 0 Å². The Labute approximate surface area is 73.6 Å². The molecule has 0 saturated carbocycles. The minimum absolute atomic E-state index is 0.0238. The molecule has 1 atom stereocenters. The van der Waals surface area contributed by atoms with Crippen molar-refractivity contribution >= 4 is 0 Å². The Kier molecular flexibility index (Phi) is 2.84. The first-order valence-corrected chi connectivity index (χ1v) is 4.18. The van der Waals surface area contributed by atoms with Gasteiger partial charge in [0.1, 0.15) is 0 Å². The van der Waals surface area contributed by atoms with Crippen molar-refractivity contribution in [3.8, 4) is 0 Å². The maximum Gasteiger partial charge on any atom is 0.0419 e. The van der Waals surface area contributed by atoms with Gasteiger partial charge in [-0.15, -0.1) is 0 Å². The Hall–Kier alpha value is -0.860. The summed E-state index contributed by atoms with van der Waals surface area (Å²) in [7, 11) is 0. The van der Waals surface area contributed by atoms with Gasteiger partial charge in [0.05, 0.1) is 0 Å². The van der Waals surface area contributed by atoms with Gasteiger partial charge < -0.3 is 11.5 Å². The van der Waals surface area contributed by atoms with E-state index in [-0.39, 0.29) is 6.04 Å². The molecular weight excluding hydrogens is 148 g/mol. The molecule has 2 heteroatoms. The molecule has 2 nitrogen and oxygen atoms in total. The molecule has 1 rings (SSSR count). The number of rotatable bonds is 2. The van der Waals surface area contributed by atoms with Crippen LogP contribution in [0.15, 0.2) is 18.2 Å². The van der Waals surface area contributed by atoms with Crippen molar-refractivity contribution < 1.29 is 0 Å². The molecule has 0 saturated heterocycles. The number of nitrogens with two attached hydrogens (primary N) is 2. The molecule has 0 amide bonds. The molecule has 0 aromatic heterocycles. The summed E-state index contributed by atoms with van der Waals surface area (Å²) in [5, 5.41) is 0. The third-order valence-electron chi connectivity index (χ3n) is 2.21. The molecule has 0 aliphatic heterocycles. The van der Waals surface area contributed by atoms with Crippen LogP contribution >= 0.6 is 0 Å². The zero-order valence-corrected chi connectivity index (χ0v) is 7.67. The summed E-state index contributed by atoms with van der Waals surface area (Å²) in [6.07, 6.45) is 0. The van der Waals surface area contributed by atoms with Crippen molar-refractivity contribution in [2.75, 3.05) is 6.54 Å². The molecule has 0 heterocycles. The largest absolute Gasteiger partial charge is 0.329 e. The first-order valence-electron chi connectivity index (χ1n) is 4.18. The van der Waals surface area contributed by atoms with Crippen LogP contribution in [0.25, 0.3) is 0 Å². The van der Waals surface area contributed by atoms with Crippen molar-refractivity contribution in [3.63, 3.8) is 0 Å². The van der Waals surface area contributed by atoms with Gasteiger partial charge in [-0.3, -0.25) is 0 Å². The predicted octanol–water partition coefficient (Wildman–Crippen LogP) is 1.26. The van der Waals surface area contributed by atoms with E-state index in [0.717, 1.165) is 5.56 Å². The summed E-state index contributed by atoms with van der Waals surface area (Å²) < 4.78 is 0. The average molecular weight is 164 g/mol. The van der Waals surface area contributed by atoms with E-state index in [0.29, 0.717) is 6.54 Å². The zero-order valence-electron chi connectivity index (χ0n) is 7.67. The Morgan fingerprint density at radius 2 is 1.92 bits per heavy atom. The summed E-state index contributed by atoms with van der Waals surface area (Å²) in [6.45, 7) is 4.68. The van der Waals surface area contributed by atoms with Gasteiger partial charge in [-0.1, -0.05) is 18.2 Å². The van der Waals surface area contributed by atoms with E-state index in [1.54, 1.807) is 0 Å². The minimum atomic E-state index is -0.0238. The lowest BCUT2D eigenvalue weighted by atomic mass is 10.0. The Bertz CT molecular complexity index is 269. The summed E-state index contributed by atoms with van der Waals surface area (Å²) in [5.74, 6) is 0. The lowest BCUT2D eigenvalue weighted by Crippen LogP contribution is -2.20. The van der Waals surface area contributed by atoms with Crippen LogP contribution in [0, 0.1) is 13.8 Å². The highest BCUT2D eigenvalue weighted by molar-refractivity contribution is 5.31. The molecule has 1 aromatic rings. The highest BCUT2D eigenvalue weighted by Gasteiger charge is 2.03. The summed E-state index contributed by atoms with van der Waals surface area (Å²) in [6, 6.07) is 6.21. The lowest BCUT2D eigenvalue weighted by Gasteiger charge is -2.10. The predicted molar refractivity (Wildman–Crippen MR) is 51.9 cm³/mol. The molecule has 0 fully saturated rings. The van der Waals surface area contributed by atoms with E-state index in [2.05, 4.69) is 26.0 Å². The fourth-order valence-corrected chi connectivity index (χ4v) is 1.13. The van der Waals surface area contributed by atoms with Crippen LogP contribution in [0.3, 0.4) is 0 Å². The van der Waals surface area contributed by atoms with E-state index in [9.17, 15) is 0 Å². The summed E-state index contributed by atoms with van der Waals surface area (Å²) in [4.78, 5) is 0.